The van der Waals surface area contributed by atoms with Crippen molar-refractivity contribution in [2.24, 2.45) is 0 Å². The maximum Gasteiger partial charge on any atom is 0.419 e. The van der Waals surface area contributed by atoms with Gasteiger partial charge in [-0.15, -0.1) is 0 Å². The van der Waals surface area contributed by atoms with E-state index in [4.69, 9.17) is 9.47 Å². The molecule has 0 aromatic rings. The van der Waals surface area contributed by atoms with Gasteiger partial charge in [0.05, 0.1) is 6.10 Å². The van der Waals surface area contributed by atoms with Crippen LogP contribution in [0.4, 0.5) is 13.2 Å². The van der Waals surface area contributed by atoms with Crippen LogP contribution in [0.5, 0.6) is 0 Å². The molecule has 20 heavy (non-hydrogen) atoms. The quantitative estimate of drug-likeness (QED) is 0.604. The minimum absolute atomic E-state index is 0.307. The maximum absolute atomic E-state index is 12.7. The van der Waals surface area contributed by atoms with E-state index in [2.05, 4.69) is 6.58 Å². The molecule has 0 aromatic heterocycles. The number of carbonyl (C=O) groups is 1. The van der Waals surface area contributed by atoms with Crippen LogP contribution in [0, 0.1) is 0 Å². The smallest absolute Gasteiger partial charge is 0.419 e. The summed E-state index contributed by atoms with van der Waals surface area (Å²) in [5.41, 5.74) is -3.93. The molecule has 1 N–H and O–H groups in total. The van der Waals surface area contributed by atoms with Gasteiger partial charge in [-0.25, -0.2) is 4.79 Å². The fraction of sp³-hybridized carbons (Fsp3) is 0.769. The normalized spacial score (nSPS) is 30.2. The zero-order valence-electron chi connectivity index (χ0n) is 11.7. The zero-order valence-corrected chi connectivity index (χ0v) is 11.7. The van der Waals surface area contributed by atoms with E-state index in [0.717, 1.165) is 13.0 Å². The Kier molecular flexibility index (Phi) is 4.55. The average molecular weight is 296 g/mol. The largest absolute Gasteiger partial charge is 0.456 e. The Morgan fingerprint density at radius 1 is 1.60 bits per heavy atom. The highest BCUT2D eigenvalue weighted by atomic mass is 19.4. The van der Waals surface area contributed by atoms with E-state index in [1.165, 1.54) is 0 Å². The number of hydrogen-bond donors (Lipinski definition) is 1. The van der Waals surface area contributed by atoms with Crippen LogP contribution < -0.4 is 0 Å². The summed E-state index contributed by atoms with van der Waals surface area (Å²) >= 11 is 0. The molecule has 1 fully saturated rings. The first-order chi connectivity index (χ1) is 9.00. The van der Waals surface area contributed by atoms with Crippen molar-refractivity contribution in [1.82, 2.24) is 0 Å². The van der Waals surface area contributed by atoms with Gasteiger partial charge < -0.3 is 14.6 Å². The van der Waals surface area contributed by atoms with Crippen molar-refractivity contribution >= 4 is 5.97 Å². The van der Waals surface area contributed by atoms with Gasteiger partial charge in [0.15, 0.2) is 5.60 Å². The third-order valence-corrected chi connectivity index (χ3v) is 3.76. The number of esters is 1. The van der Waals surface area contributed by atoms with E-state index >= 15 is 0 Å². The summed E-state index contributed by atoms with van der Waals surface area (Å²) in [6.07, 6.45) is -5.22. The maximum atomic E-state index is 12.7. The monoisotopic (exact) mass is 296 g/mol. The molecule has 1 rings (SSSR count). The van der Waals surface area contributed by atoms with E-state index in [1.54, 1.807) is 6.92 Å². The van der Waals surface area contributed by atoms with E-state index in [1.807, 2.05) is 0 Å². The Labute approximate surface area is 115 Å². The van der Waals surface area contributed by atoms with Gasteiger partial charge in [-0.2, -0.15) is 13.2 Å². The van der Waals surface area contributed by atoms with E-state index in [0.29, 0.717) is 19.8 Å². The molecule has 4 nitrogen and oxygen atoms in total. The lowest BCUT2D eigenvalue weighted by Gasteiger charge is -2.34. The minimum Gasteiger partial charge on any atom is -0.456 e. The SMILES string of the molecule is C=CC(=O)OC1CC1(CC)OC(C)C(C)(O)C(F)(F)F. The lowest BCUT2D eigenvalue weighted by molar-refractivity contribution is -0.294. The van der Waals surface area contributed by atoms with Gasteiger partial charge in [0, 0.05) is 12.5 Å². The second kappa shape index (κ2) is 5.37. The molecule has 1 aliphatic rings. The van der Waals surface area contributed by atoms with Crippen LogP contribution in [0.3, 0.4) is 0 Å². The van der Waals surface area contributed by atoms with Crippen molar-refractivity contribution in [3.8, 4) is 0 Å². The van der Waals surface area contributed by atoms with Crippen LogP contribution in [-0.4, -0.2) is 40.7 Å². The van der Waals surface area contributed by atoms with Crippen LogP contribution in [0.2, 0.25) is 0 Å². The van der Waals surface area contributed by atoms with Crippen LogP contribution in [0.15, 0.2) is 12.7 Å². The summed E-state index contributed by atoms with van der Waals surface area (Å²) in [6.45, 7) is 6.77. The van der Waals surface area contributed by atoms with Crippen molar-refractivity contribution in [1.29, 1.82) is 0 Å². The van der Waals surface area contributed by atoms with Gasteiger partial charge >= 0.3 is 12.1 Å². The fourth-order valence-corrected chi connectivity index (χ4v) is 1.87. The highest BCUT2D eigenvalue weighted by Gasteiger charge is 2.62. The number of hydrogen-bond acceptors (Lipinski definition) is 4. The van der Waals surface area contributed by atoms with Gasteiger partial charge in [-0.3, -0.25) is 0 Å². The summed E-state index contributed by atoms with van der Waals surface area (Å²) in [7, 11) is 0. The van der Waals surface area contributed by atoms with Gasteiger partial charge in [0.2, 0.25) is 0 Å². The number of alkyl halides is 3. The Hall–Kier alpha value is -1.08. The predicted molar refractivity (Wildman–Crippen MR) is 64.9 cm³/mol. The molecule has 4 unspecified atom stereocenters. The first-order valence-corrected chi connectivity index (χ1v) is 6.30. The molecule has 116 valence electrons. The fourth-order valence-electron chi connectivity index (χ4n) is 1.87. The number of ether oxygens (including phenoxy) is 2. The Morgan fingerprint density at radius 2 is 2.15 bits per heavy atom. The second-order valence-electron chi connectivity index (χ2n) is 5.16. The molecular formula is C13H19F3O4. The van der Waals surface area contributed by atoms with Gasteiger partial charge in [-0.1, -0.05) is 13.5 Å². The van der Waals surface area contributed by atoms with Crippen molar-refractivity contribution in [3.05, 3.63) is 12.7 Å². The lowest BCUT2D eigenvalue weighted by Crippen LogP contribution is -2.53. The summed E-state index contributed by atoms with van der Waals surface area (Å²) < 4.78 is 48.5. The van der Waals surface area contributed by atoms with Crippen LogP contribution in [0.1, 0.15) is 33.6 Å². The third-order valence-electron chi connectivity index (χ3n) is 3.76. The van der Waals surface area contributed by atoms with Crippen molar-refractivity contribution < 1.29 is 32.5 Å². The summed E-state index contributed by atoms with van der Waals surface area (Å²) in [5.74, 6) is -0.649. The first-order valence-electron chi connectivity index (χ1n) is 6.30. The lowest BCUT2D eigenvalue weighted by atomic mass is 9.99. The van der Waals surface area contributed by atoms with Gasteiger partial charge in [0.25, 0.3) is 0 Å². The van der Waals surface area contributed by atoms with E-state index in [9.17, 15) is 23.1 Å². The molecule has 0 heterocycles. The molecule has 0 aromatic carbocycles. The number of aliphatic hydroxyl groups is 1. The third kappa shape index (κ3) is 3.15. The molecule has 1 aliphatic carbocycles. The van der Waals surface area contributed by atoms with Gasteiger partial charge in [-0.05, 0) is 20.3 Å². The van der Waals surface area contributed by atoms with Gasteiger partial charge in [0.1, 0.15) is 11.7 Å². The summed E-state index contributed by atoms with van der Waals surface area (Å²) in [5, 5.41) is 9.55. The highest BCUT2D eigenvalue weighted by molar-refractivity contribution is 5.81. The predicted octanol–water partition coefficient (Wildman–Crippen LogP) is 2.36. The van der Waals surface area contributed by atoms with Crippen molar-refractivity contribution in [2.45, 2.75) is 63.2 Å². The standard InChI is InChI=1S/C13H19F3O4/c1-5-10(17)19-9-7-12(9,6-2)20-8(3)11(4,18)13(14,15)16/h5,8-9,18H,1,6-7H2,2-4H3. The molecule has 7 heteroatoms. The minimum atomic E-state index is -4.80. The molecule has 0 saturated heterocycles. The topological polar surface area (TPSA) is 55.8 Å². The zero-order chi connectivity index (χ0) is 15.8. The molecule has 0 bridgehead atoms. The number of rotatable bonds is 6. The second-order valence-corrected chi connectivity index (χ2v) is 5.16. The molecular weight excluding hydrogens is 277 g/mol. The molecule has 4 atom stereocenters. The summed E-state index contributed by atoms with van der Waals surface area (Å²) in [6, 6.07) is 0. The van der Waals surface area contributed by atoms with Crippen LogP contribution >= 0.6 is 0 Å². The van der Waals surface area contributed by atoms with Crippen LogP contribution in [-0.2, 0) is 14.3 Å². The molecule has 1 saturated carbocycles. The first kappa shape index (κ1) is 17.0. The van der Waals surface area contributed by atoms with Crippen LogP contribution in [0.25, 0.3) is 0 Å². The Bertz CT molecular complexity index is 392. The molecule has 0 radical (unpaired) electrons. The van der Waals surface area contributed by atoms with E-state index < -0.39 is 35.6 Å². The van der Waals surface area contributed by atoms with E-state index in [-0.39, 0.29) is 0 Å². The Balaban J connectivity index is 2.72. The Morgan fingerprint density at radius 3 is 2.55 bits per heavy atom. The number of carbonyl (C=O) groups excluding carboxylic acids is 1. The molecule has 0 amide bonds. The molecule has 0 aliphatic heterocycles. The average Bonchev–Trinajstić information content (AvgIpc) is 3.00. The van der Waals surface area contributed by atoms with Crippen molar-refractivity contribution in [2.75, 3.05) is 0 Å². The number of halogens is 3. The summed E-state index contributed by atoms with van der Waals surface area (Å²) in [4.78, 5) is 11.1. The molecule has 0 spiro atoms. The van der Waals surface area contributed by atoms with Crippen molar-refractivity contribution in [3.63, 3.8) is 0 Å². The highest BCUT2D eigenvalue weighted by Crippen LogP contribution is 2.48.